The first-order valence-electron chi connectivity index (χ1n) is 17.8. The van der Waals surface area contributed by atoms with Crippen LogP contribution in [0.2, 0.25) is 0 Å². The van der Waals surface area contributed by atoms with Crippen LogP contribution in [0.1, 0.15) is 0 Å². The van der Waals surface area contributed by atoms with Crippen molar-refractivity contribution >= 4 is 32.7 Å². The largest absolute Gasteiger partial charge is 0.455 e. The van der Waals surface area contributed by atoms with E-state index >= 15 is 0 Å². The number of rotatable bonds is 6. The molecule has 8 aromatic carbocycles. The lowest BCUT2D eigenvalue weighted by Crippen LogP contribution is -2.00. The fourth-order valence-electron chi connectivity index (χ4n) is 7.44. The van der Waals surface area contributed by atoms with Gasteiger partial charge in [-0.05, 0) is 62.9 Å². The third kappa shape index (κ3) is 5.45. The topological polar surface area (TPSA) is 51.8 Å². The van der Waals surface area contributed by atoms with E-state index in [1.807, 2.05) is 42.5 Å². The molecule has 0 aliphatic carbocycles. The molecular weight excluding hydrogens is 647 g/mol. The van der Waals surface area contributed by atoms with Crippen LogP contribution >= 0.6 is 0 Å². The van der Waals surface area contributed by atoms with Crippen LogP contribution < -0.4 is 0 Å². The highest BCUT2D eigenvalue weighted by atomic mass is 16.3. The van der Waals surface area contributed by atoms with Gasteiger partial charge in [-0.1, -0.05) is 164 Å². The van der Waals surface area contributed by atoms with E-state index in [-0.39, 0.29) is 0 Å². The Morgan fingerprint density at radius 2 is 0.849 bits per heavy atom. The van der Waals surface area contributed by atoms with Crippen LogP contribution in [-0.2, 0) is 0 Å². The standard InChI is InChI=1S/C49H31N3O/c1-3-16-33(17-4-1)37-21-9-10-22-38(37)39-23-11-12-24-40(39)41-29-30-43(45-42-25-13-14-26-44(42)53-46(41)45)49-51-47(34-18-5-2-6-19-34)50-48(52-49)36-28-27-32-15-7-8-20-35(32)31-36/h1-31H. The molecule has 0 saturated heterocycles. The number of nitrogens with zero attached hydrogens (tertiary/aromatic N) is 3. The molecule has 0 radical (unpaired) electrons. The summed E-state index contributed by atoms with van der Waals surface area (Å²) in [4.78, 5) is 15.4. The molecule has 0 aliphatic heterocycles. The van der Waals surface area contributed by atoms with Gasteiger partial charge in [-0.2, -0.15) is 0 Å². The molecule has 0 atom stereocenters. The first kappa shape index (κ1) is 30.6. The second-order valence-corrected chi connectivity index (χ2v) is 13.2. The maximum absolute atomic E-state index is 6.81. The minimum absolute atomic E-state index is 0.591. The van der Waals surface area contributed by atoms with Crippen molar-refractivity contribution in [1.29, 1.82) is 0 Å². The van der Waals surface area contributed by atoms with Gasteiger partial charge in [0.2, 0.25) is 0 Å². The predicted octanol–water partition coefficient (Wildman–Crippen LogP) is 12.9. The van der Waals surface area contributed by atoms with Gasteiger partial charge in [0.1, 0.15) is 11.2 Å². The van der Waals surface area contributed by atoms with Gasteiger partial charge in [0.05, 0.1) is 0 Å². The fourth-order valence-corrected chi connectivity index (χ4v) is 7.44. The average Bonchev–Trinajstić information content (AvgIpc) is 3.64. The Hall–Kier alpha value is -7.17. The number of furan rings is 1. The van der Waals surface area contributed by atoms with Crippen molar-refractivity contribution in [2.45, 2.75) is 0 Å². The molecule has 248 valence electrons. The van der Waals surface area contributed by atoms with E-state index < -0.39 is 0 Å². The van der Waals surface area contributed by atoms with Crippen molar-refractivity contribution in [1.82, 2.24) is 15.0 Å². The van der Waals surface area contributed by atoms with Gasteiger partial charge in [-0.3, -0.25) is 0 Å². The summed E-state index contributed by atoms with van der Waals surface area (Å²) >= 11 is 0. The number of benzene rings is 8. The lowest BCUT2D eigenvalue weighted by atomic mass is 9.88. The molecule has 0 fully saturated rings. The molecule has 2 heterocycles. The Labute approximate surface area is 306 Å². The van der Waals surface area contributed by atoms with Crippen LogP contribution in [0.5, 0.6) is 0 Å². The van der Waals surface area contributed by atoms with E-state index in [0.717, 1.165) is 66.3 Å². The summed E-state index contributed by atoms with van der Waals surface area (Å²) in [6.45, 7) is 0. The van der Waals surface area contributed by atoms with E-state index in [9.17, 15) is 0 Å². The summed E-state index contributed by atoms with van der Waals surface area (Å²) in [7, 11) is 0. The zero-order valence-corrected chi connectivity index (χ0v) is 28.6. The third-order valence-corrected chi connectivity index (χ3v) is 9.96. The molecule has 10 rings (SSSR count). The Kier molecular flexibility index (Phi) is 7.43. The molecule has 2 aromatic heterocycles. The summed E-state index contributed by atoms with van der Waals surface area (Å²) in [5.41, 5.74) is 11.1. The maximum Gasteiger partial charge on any atom is 0.164 e. The van der Waals surface area contributed by atoms with Crippen LogP contribution in [0.25, 0.3) is 100 Å². The molecule has 0 N–H and O–H groups in total. The van der Waals surface area contributed by atoms with Crippen molar-refractivity contribution in [2.24, 2.45) is 0 Å². The molecule has 0 saturated carbocycles. The SMILES string of the molecule is c1ccc(-c2nc(-c3ccc4ccccc4c3)nc(-c3ccc(-c4ccccc4-c4ccccc4-c4ccccc4)c4oc5ccccc5c34)n2)cc1. The maximum atomic E-state index is 6.81. The van der Waals surface area contributed by atoms with Crippen LogP contribution in [0.4, 0.5) is 0 Å². The Balaban J connectivity index is 1.21. The van der Waals surface area contributed by atoms with E-state index in [1.54, 1.807) is 0 Å². The van der Waals surface area contributed by atoms with Gasteiger partial charge >= 0.3 is 0 Å². The lowest BCUT2D eigenvalue weighted by molar-refractivity contribution is 0.670. The normalized spacial score (nSPS) is 11.4. The molecule has 0 amide bonds. The highest BCUT2D eigenvalue weighted by Gasteiger charge is 2.22. The van der Waals surface area contributed by atoms with Crippen LogP contribution in [0, 0.1) is 0 Å². The van der Waals surface area contributed by atoms with E-state index in [0.29, 0.717) is 17.5 Å². The van der Waals surface area contributed by atoms with E-state index in [2.05, 4.69) is 146 Å². The third-order valence-electron chi connectivity index (χ3n) is 9.96. The van der Waals surface area contributed by atoms with Crippen LogP contribution in [0.3, 0.4) is 0 Å². The summed E-state index contributed by atoms with van der Waals surface area (Å²) in [5.74, 6) is 1.83. The molecule has 4 nitrogen and oxygen atoms in total. The molecule has 10 aromatic rings. The van der Waals surface area contributed by atoms with Gasteiger partial charge in [0.15, 0.2) is 17.5 Å². The average molecular weight is 678 g/mol. The predicted molar refractivity (Wildman–Crippen MR) is 217 cm³/mol. The number of hydrogen-bond acceptors (Lipinski definition) is 4. The lowest BCUT2D eigenvalue weighted by Gasteiger charge is -2.16. The van der Waals surface area contributed by atoms with Crippen molar-refractivity contribution in [2.75, 3.05) is 0 Å². The van der Waals surface area contributed by atoms with E-state index in [4.69, 9.17) is 19.4 Å². The number of para-hydroxylation sites is 1. The highest BCUT2D eigenvalue weighted by Crippen LogP contribution is 2.45. The zero-order valence-electron chi connectivity index (χ0n) is 28.6. The van der Waals surface area contributed by atoms with Crippen LogP contribution in [-0.4, -0.2) is 15.0 Å². The summed E-state index contributed by atoms with van der Waals surface area (Å²) < 4.78 is 6.81. The second kappa shape index (κ2) is 12.9. The molecular formula is C49H31N3O. The van der Waals surface area contributed by atoms with Gasteiger partial charge < -0.3 is 4.42 Å². The van der Waals surface area contributed by atoms with Gasteiger partial charge in [0, 0.05) is 33.0 Å². The van der Waals surface area contributed by atoms with Crippen molar-refractivity contribution in [3.8, 4) is 67.5 Å². The first-order valence-corrected chi connectivity index (χ1v) is 17.8. The van der Waals surface area contributed by atoms with Gasteiger partial charge in [-0.25, -0.2) is 15.0 Å². The monoisotopic (exact) mass is 677 g/mol. The Morgan fingerprint density at radius 1 is 0.321 bits per heavy atom. The van der Waals surface area contributed by atoms with Gasteiger partial charge in [-0.15, -0.1) is 0 Å². The summed E-state index contributed by atoms with van der Waals surface area (Å²) in [6, 6.07) is 65.1. The minimum atomic E-state index is 0.591. The van der Waals surface area contributed by atoms with Crippen molar-refractivity contribution in [3.63, 3.8) is 0 Å². The van der Waals surface area contributed by atoms with Gasteiger partial charge in [0.25, 0.3) is 0 Å². The minimum Gasteiger partial charge on any atom is -0.455 e. The molecule has 4 heteroatoms. The first-order chi connectivity index (χ1) is 26.3. The van der Waals surface area contributed by atoms with E-state index in [1.165, 1.54) is 16.5 Å². The van der Waals surface area contributed by atoms with Crippen molar-refractivity contribution < 1.29 is 4.42 Å². The highest BCUT2D eigenvalue weighted by molar-refractivity contribution is 6.16. The Bertz CT molecular complexity index is 2950. The Morgan fingerprint density at radius 3 is 1.60 bits per heavy atom. The summed E-state index contributed by atoms with van der Waals surface area (Å²) in [5, 5.41) is 4.28. The quantitative estimate of drug-likeness (QED) is 0.176. The molecule has 53 heavy (non-hydrogen) atoms. The number of hydrogen-bond donors (Lipinski definition) is 0. The molecule has 0 aliphatic rings. The molecule has 0 unspecified atom stereocenters. The second-order valence-electron chi connectivity index (χ2n) is 13.2. The number of aromatic nitrogens is 3. The fraction of sp³-hybridized carbons (Fsp3) is 0. The smallest absolute Gasteiger partial charge is 0.164 e. The molecule has 0 bridgehead atoms. The van der Waals surface area contributed by atoms with Crippen LogP contribution in [0.15, 0.2) is 192 Å². The number of fused-ring (bicyclic) bond motifs is 4. The van der Waals surface area contributed by atoms with Crippen molar-refractivity contribution in [3.05, 3.63) is 188 Å². The summed E-state index contributed by atoms with van der Waals surface area (Å²) in [6.07, 6.45) is 0. The molecule has 0 spiro atoms. The zero-order chi connectivity index (χ0) is 35.1.